The summed E-state index contributed by atoms with van der Waals surface area (Å²) in [4.78, 5) is 16.2. The minimum atomic E-state index is 0.0245. The molecular weight excluding hydrogens is 368 g/mol. The van der Waals surface area contributed by atoms with Crippen LogP contribution in [0.4, 0.5) is 0 Å². The Morgan fingerprint density at radius 2 is 1.86 bits per heavy atom. The second kappa shape index (κ2) is 8.33. The van der Waals surface area contributed by atoms with Crippen molar-refractivity contribution in [3.8, 4) is 5.75 Å². The fraction of sp³-hybridized carbons (Fsp3) is 0.348. The third kappa shape index (κ3) is 3.77. The Bertz CT molecular complexity index is 958. The molecule has 0 saturated carbocycles. The molecular formula is C23H26N2O2S. The number of hydrogen-bond acceptors (Lipinski definition) is 4. The quantitative estimate of drug-likeness (QED) is 0.654. The van der Waals surface area contributed by atoms with Crippen LogP contribution in [0.15, 0.2) is 48.5 Å². The van der Waals surface area contributed by atoms with Crippen LogP contribution < -0.4 is 10.1 Å². The van der Waals surface area contributed by atoms with Gasteiger partial charge in [-0.2, -0.15) is 0 Å². The molecule has 4 rings (SSSR count). The van der Waals surface area contributed by atoms with E-state index in [0.29, 0.717) is 6.54 Å². The first-order chi connectivity index (χ1) is 13.7. The molecule has 1 aliphatic heterocycles. The molecule has 4 nitrogen and oxygen atoms in total. The molecule has 1 aliphatic rings. The zero-order valence-corrected chi connectivity index (χ0v) is 17.2. The number of thiophene rings is 1. The van der Waals surface area contributed by atoms with Gasteiger partial charge in [-0.05, 0) is 67.6 Å². The second-order valence-electron chi connectivity index (χ2n) is 7.29. The summed E-state index contributed by atoms with van der Waals surface area (Å²) in [5.74, 6) is 0.880. The van der Waals surface area contributed by atoms with Crippen molar-refractivity contribution in [3.05, 3.63) is 64.5 Å². The molecule has 1 atom stereocenters. The van der Waals surface area contributed by atoms with Crippen molar-refractivity contribution in [3.63, 3.8) is 0 Å². The fourth-order valence-electron chi connectivity index (χ4n) is 4.00. The SMILES string of the molecule is COc1ccc(C(CNC(=O)c2sc3ccccc3c2C)N2CCCC2)cc1. The maximum absolute atomic E-state index is 12.9. The van der Waals surface area contributed by atoms with Crippen molar-refractivity contribution in [2.24, 2.45) is 0 Å². The predicted molar refractivity (Wildman–Crippen MR) is 115 cm³/mol. The van der Waals surface area contributed by atoms with Gasteiger partial charge in [0, 0.05) is 11.2 Å². The Hall–Kier alpha value is -2.37. The van der Waals surface area contributed by atoms with Crippen LogP contribution in [0, 0.1) is 6.92 Å². The fourth-order valence-corrected chi connectivity index (χ4v) is 5.12. The van der Waals surface area contributed by atoms with Crippen LogP contribution in [-0.4, -0.2) is 37.6 Å². The van der Waals surface area contributed by atoms with Gasteiger partial charge in [0.15, 0.2) is 0 Å². The van der Waals surface area contributed by atoms with Crippen molar-refractivity contribution < 1.29 is 9.53 Å². The van der Waals surface area contributed by atoms with Crippen LogP contribution in [0.2, 0.25) is 0 Å². The van der Waals surface area contributed by atoms with Crippen molar-refractivity contribution >= 4 is 27.3 Å². The minimum absolute atomic E-state index is 0.0245. The number of likely N-dealkylation sites (tertiary alicyclic amines) is 1. The van der Waals surface area contributed by atoms with Crippen molar-refractivity contribution in [2.75, 3.05) is 26.7 Å². The molecule has 1 saturated heterocycles. The Morgan fingerprint density at radius 1 is 1.14 bits per heavy atom. The van der Waals surface area contributed by atoms with Gasteiger partial charge in [-0.1, -0.05) is 30.3 Å². The lowest BCUT2D eigenvalue weighted by Gasteiger charge is -2.28. The van der Waals surface area contributed by atoms with E-state index < -0.39 is 0 Å². The molecule has 28 heavy (non-hydrogen) atoms. The lowest BCUT2D eigenvalue weighted by atomic mass is 10.0. The number of methoxy groups -OCH3 is 1. The number of carbonyl (C=O) groups excluding carboxylic acids is 1. The summed E-state index contributed by atoms with van der Waals surface area (Å²) in [5.41, 5.74) is 2.29. The Balaban J connectivity index is 1.52. The van der Waals surface area contributed by atoms with Crippen LogP contribution in [0.1, 0.15) is 39.7 Å². The van der Waals surface area contributed by atoms with Gasteiger partial charge >= 0.3 is 0 Å². The van der Waals surface area contributed by atoms with E-state index in [1.807, 2.05) is 31.2 Å². The van der Waals surface area contributed by atoms with E-state index >= 15 is 0 Å². The van der Waals surface area contributed by atoms with Gasteiger partial charge in [0.05, 0.1) is 18.0 Å². The lowest BCUT2D eigenvalue weighted by molar-refractivity contribution is 0.0941. The van der Waals surface area contributed by atoms with Crippen LogP contribution in [0.5, 0.6) is 5.75 Å². The van der Waals surface area contributed by atoms with Crippen LogP contribution in [0.25, 0.3) is 10.1 Å². The summed E-state index contributed by atoms with van der Waals surface area (Å²) in [6, 6.07) is 16.6. The molecule has 2 heterocycles. The largest absolute Gasteiger partial charge is 0.497 e. The molecule has 146 valence electrons. The van der Waals surface area contributed by atoms with Crippen molar-refractivity contribution in [1.82, 2.24) is 10.2 Å². The molecule has 3 aromatic rings. The average Bonchev–Trinajstić information content (AvgIpc) is 3.37. The molecule has 1 N–H and O–H groups in total. The van der Waals surface area contributed by atoms with E-state index in [0.717, 1.165) is 34.0 Å². The zero-order chi connectivity index (χ0) is 19.5. The van der Waals surface area contributed by atoms with Crippen LogP contribution in [-0.2, 0) is 0 Å². The summed E-state index contributed by atoms with van der Waals surface area (Å²) in [7, 11) is 1.68. The molecule has 1 unspecified atom stereocenters. The Labute approximate surface area is 170 Å². The van der Waals surface area contributed by atoms with E-state index in [1.165, 1.54) is 23.8 Å². The minimum Gasteiger partial charge on any atom is -0.497 e. The van der Waals surface area contributed by atoms with Gasteiger partial charge in [-0.15, -0.1) is 11.3 Å². The summed E-state index contributed by atoms with van der Waals surface area (Å²) in [6.07, 6.45) is 2.44. The van der Waals surface area contributed by atoms with E-state index in [2.05, 4.69) is 34.5 Å². The summed E-state index contributed by atoms with van der Waals surface area (Å²) in [5, 5.41) is 4.37. The third-order valence-electron chi connectivity index (χ3n) is 5.59. The number of fused-ring (bicyclic) bond motifs is 1. The molecule has 0 spiro atoms. The highest BCUT2D eigenvalue weighted by atomic mass is 32.1. The van der Waals surface area contributed by atoms with E-state index in [1.54, 1.807) is 18.4 Å². The Kier molecular flexibility index (Phi) is 5.64. The number of ether oxygens (including phenoxy) is 1. The van der Waals surface area contributed by atoms with Crippen molar-refractivity contribution in [2.45, 2.75) is 25.8 Å². The molecule has 5 heteroatoms. The molecule has 0 bridgehead atoms. The van der Waals surface area contributed by atoms with E-state index in [4.69, 9.17) is 4.74 Å². The molecule has 1 amide bonds. The first-order valence-electron chi connectivity index (χ1n) is 9.81. The zero-order valence-electron chi connectivity index (χ0n) is 16.4. The number of benzene rings is 2. The number of nitrogens with zero attached hydrogens (tertiary/aromatic N) is 1. The van der Waals surface area contributed by atoms with Crippen molar-refractivity contribution in [1.29, 1.82) is 0 Å². The second-order valence-corrected chi connectivity index (χ2v) is 8.35. The number of rotatable bonds is 6. The molecule has 0 aliphatic carbocycles. The van der Waals surface area contributed by atoms with Gasteiger partial charge in [-0.25, -0.2) is 0 Å². The molecule has 0 radical (unpaired) electrons. The van der Waals surface area contributed by atoms with Gasteiger partial charge in [-0.3, -0.25) is 9.69 Å². The average molecular weight is 395 g/mol. The number of amides is 1. The van der Waals surface area contributed by atoms with Gasteiger partial charge in [0.2, 0.25) is 0 Å². The molecule has 2 aromatic carbocycles. The topological polar surface area (TPSA) is 41.6 Å². The highest BCUT2D eigenvalue weighted by Crippen LogP contribution is 2.31. The number of aryl methyl sites for hydroxylation is 1. The smallest absolute Gasteiger partial charge is 0.261 e. The highest BCUT2D eigenvalue weighted by Gasteiger charge is 2.25. The first kappa shape index (κ1) is 19.0. The summed E-state index contributed by atoms with van der Waals surface area (Å²) in [6.45, 7) is 4.80. The maximum atomic E-state index is 12.9. The lowest BCUT2D eigenvalue weighted by Crippen LogP contribution is -2.36. The van der Waals surface area contributed by atoms with Gasteiger partial charge in [0.25, 0.3) is 5.91 Å². The predicted octanol–water partition coefficient (Wildman–Crippen LogP) is 4.79. The summed E-state index contributed by atoms with van der Waals surface area (Å²) >= 11 is 1.57. The highest BCUT2D eigenvalue weighted by molar-refractivity contribution is 7.21. The van der Waals surface area contributed by atoms with Crippen LogP contribution >= 0.6 is 11.3 Å². The number of hydrogen-bond donors (Lipinski definition) is 1. The maximum Gasteiger partial charge on any atom is 0.261 e. The molecule has 1 aromatic heterocycles. The van der Waals surface area contributed by atoms with Gasteiger partial charge in [0.1, 0.15) is 5.75 Å². The van der Waals surface area contributed by atoms with Gasteiger partial charge < -0.3 is 10.1 Å². The first-order valence-corrected chi connectivity index (χ1v) is 10.6. The van der Waals surface area contributed by atoms with E-state index in [-0.39, 0.29) is 11.9 Å². The number of carbonyl (C=O) groups is 1. The van der Waals surface area contributed by atoms with Crippen LogP contribution in [0.3, 0.4) is 0 Å². The Morgan fingerprint density at radius 3 is 2.54 bits per heavy atom. The normalized spacial score (nSPS) is 15.6. The third-order valence-corrected chi connectivity index (χ3v) is 6.86. The van der Waals surface area contributed by atoms with E-state index in [9.17, 15) is 4.79 Å². The number of nitrogens with one attached hydrogen (secondary N) is 1. The molecule has 1 fully saturated rings. The monoisotopic (exact) mass is 394 g/mol. The standard InChI is InChI=1S/C23H26N2O2S/c1-16-19-7-3-4-8-21(19)28-22(16)23(26)24-15-20(25-13-5-6-14-25)17-9-11-18(27-2)12-10-17/h3-4,7-12,20H,5-6,13-15H2,1-2H3,(H,24,26). The summed E-state index contributed by atoms with van der Waals surface area (Å²) < 4.78 is 6.45.